The van der Waals surface area contributed by atoms with E-state index in [0.29, 0.717) is 16.5 Å². The zero-order chi connectivity index (χ0) is 20.2. The molecule has 1 saturated carbocycles. The minimum atomic E-state index is -0.246. The topological polar surface area (TPSA) is 32.7 Å². The molecule has 0 bridgehead atoms. The zero-order valence-corrected chi connectivity index (χ0v) is 17.6. The van der Waals surface area contributed by atoms with Gasteiger partial charge in [0.25, 0.3) is 5.91 Å². The molecular weight excluding hydrogens is 407 g/mol. The van der Waals surface area contributed by atoms with E-state index in [1.54, 1.807) is 24.3 Å². The lowest BCUT2D eigenvalue weighted by Gasteiger charge is -2.31. The lowest BCUT2D eigenvalue weighted by Crippen LogP contribution is -2.41. The number of hydrogen-bond acceptors (Lipinski definition) is 3. The van der Waals surface area contributed by atoms with E-state index >= 15 is 0 Å². The molecule has 2 aliphatic rings. The fourth-order valence-corrected chi connectivity index (χ4v) is 4.87. The van der Waals surface area contributed by atoms with Crippen LogP contribution in [0.1, 0.15) is 43.2 Å². The van der Waals surface area contributed by atoms with Crippen molar-refractivity contribution in [1.29, 1.82) is 0 Å². The van der Waals surface area contributed by atoms with Crippen molar-refractivity contribution in [1.82, 2.24) is 4.90 Å². The van der Waals surface area contributed by atoms with Crippen LogP contribution < -0.4 is 0 Å². The molecule has 29 heavy (non-hydrogen) atoms. The molecule has 150 valence electrons. The highest BCUT2D eigenvalue weighted by Gasteiger charge is 2.36. The van der Waals surface area contributed by atoms with E-state index in [2.05, 4.69) is 4.99 Å². The van der Waals surface area contributed by atoms with Crippen molar-refractivity contribution in [3.63, 3.8) is 0 Å². The van der Waals surface area contributed by atoms with Crippen molar-refractivity contribution >= 4 is 40.5 Å². The predicted octanol–water partition coefficient (Wildman–Crippen LogP) is 6.28. The van der Waals surface area contributed by atoms with Crippen LogP contribution >= 0.6 is 23.4 Å². The third-order valence-corrected chi connectivity index (χ3v) is 6.53. The molecule has 6 heteroatoms. The summed E-state index contributed by atoms with van der Waals surface area (Å²) in [7, 11) is 0. The van der Waals surface area contributed by atoms with Crippen LogP contribution in [-0.2, 0) is 10.5 Å². The van der Waals surface area contributed by atoms with Crippen molar-refractivity contribution in [2.24, 2.45) is 4.99 Å². The summed E-state index contributed by atoms with van der Waals surface area (Å²) in [4.78, 5) is 19.8. The van der Waals surface area contributed by atoms with Crippen molar-refractivity contribution in [3.05, 3.63) is 76.2 Å². The van der Waals surface area contributed by atoms with Gasteiger partial charge < -0.3 is 0 Å². The number of carbonyl (C=O) groups is 1. The third kappa shape index (κ3) is 4.90. The fourth-order valence-electron chi connectivity index (χ4n) is 3.72. The maximum atomic E-state index is 13.2. The zero-order valence-electron chi connectivity index (χ0n) is 16.0. The standard InChI is InChI=1S/C23H22ClFN2OS/c24-18-10-6-16(7-11-18)14-21-22(28)27(20-4-2-1-3-5-20)23(26-21)29-15-17-8-12-19(25)13-9-17/h6-14,20H,1-5,15H2. The first kappa shape index (κ1) is 20.2. The van der Waals surface area contributed by atoms with Gasteiger partial charge in [0.1, 0.15) is 11.5 Å². The smallest absolute Gasteiger partial charge is 0.278 e. The lowest BCUT2D eigenvalue weighted by atomic mass is 9.94. The van der Waals surface area contributed by atoms with Gasteiger partial charge >= 0.3 is 0 Å². The number of aliphatic imine (C=N–C) groups is 1. The molecule has 1 aliphatic heterocycles. The Hall–Kier alpha value is -2.11. The number of thioether (sulfide) groups is 1. The molecule has 1 amide bonds. The SMILES string of the molecule is O=C1C(=Cc2ccc(Cl)cc2)N=C(SCc2ccc(F)cc2)N1C1CCCCC1. The molecule has 0 N–H and O–H groups in total. The van der Waals surface area contributed by atoms with Gasteiger partial charge in [0, 0.05) is 16.8 Å². The van der Waals surface area contributed by atoms with Crippen molar-refractivity contribution < 1.29 is 9.18 Å². The Bertz CT molecular complexity index is 934. The van der Waals surface area contributed by atoms with Gasteiger partial charge in [-0.15, -0.1) is 0 Å². The molecule has 0 atom stereocenters. The summed E-state index contributed by atoms with van der Waals surface area (Å²) in [6.45, 7) is 0. The average molecular weight is 429 g/mol. The molecule has 0 radical (unpaired) electrons. The minimum Gasteiger partial charge on any atom is -0.283 e. The Morgan fingerprint density at radius 2 is 1.76 bits per heavy atom. The third-order valence-electron chi connectivity index (χ3n) is 5.25. The van der Waals surface area contributed by atoms with Crippen molar-refractivity contribution in [2.75, 3.05) is 0 Å². The second-order valence-electron chi connectivity index (χ2n) is 7.36. The number of carbonyl (C=O) groups excluding carboxylic acids is 1. The number of amides is 1. The van der Waals surface area contributed by atoms with Crippen molar-refractivity contribution in [2.45, 2.75) is 43.9 Å². The predicted molar refractivity (Wildman–Crippen MR) is 118 cm³/mol. The van der Waals surface area contributed by atoms with Crippen molar-refractivity contribution in [3.8, 4) is 0 Å². The molecule has 1 fully saturated rings. The Morgan fingerprint density at radius 1 is 1.07 bits per heavy atom. The van der Waals surface area contributed by atoms with E-state index in [9.17, 15) is 9.18 Å². The number of amidine groups is 1. The monoisotopic (exact) mass is 428 g/mol. The second kappa shape index (κ2) is 9.14. The van der Waals surface area contributed by atoms with Crippen LogP contribution in [0.5, 0.6) is 0 Å². The first-order valence-electron chi connectivity index (χ1n) is 9.87. The number of rotatable bonds is 4. The van der Waals surface area contributed by atoms with Crippen LogP contribution in [0.25, 0.3) is 6.08 Å². The summed E-state index contributed by atoms with van der Waals surface area (Å²) in [6, 6.07) is 14.0. The van der Waals surface area contributed by atoms with Gasteiger partial charge in [-0.3, -0.25) is 9.69 Å². The Balaban J connectivity index is 1.58. The van der Waals surface area contributed by atoms with E-state index in [1.165, 1.54) is 30.3 Å². The van der Waals surface area contributed by atoms with Gasteiger partial charge in [0.15, 0.2) is 5.17 Å². The molecule has 1 aliphatic carbocycles. The first-order chi connectivity index (χ1) is 14.1. The van der Waals surface area contributed by atoms with Gasteiger partial charge in [0.2, 0.25) is 0 Å². The van der Waals surface area contributed by atoms with Gasteiger partial charge in [-0.25, -0.2) is 9.38 Å². The molecule has 3 nitrogen and oxygen atoms in total. The maximum Gasteiger partial charge on any atom is 0.278 e. The van der Waals surface area contributed by atoms with Gasteiger partial charge in [-0.2, -0.15) is 0 Å². The van der Waals surface area contributed by atoms with E-state index < -0.39 is 0 Å². The Kier molecular flexibility index (Phi) is 6.36. The largest absolute Gasteiger partial charge is 0.283 e. The quantitative estimate of drug-likeness (QED) is 0.536. The molecular formula is C23H22ClFN2OS. The molecule has 1 heterocycles. The first-order valence-corrected chi connectivity index (χ1v) is 11.2. The fraction of sp³-hybridized carbons (Fsp3) is 0.304. The summed E-state index contributed by atoms with van der Waals surface area (Å²) in [5, 5.41) is 1.40. The summed E-state index contributed by atoms with van der Waals surface area (Å²) in [5.74, 6) is 0.363. The normalized spacial score (nSPS) is 19.1. The van der Waals surface area contributed by atoms with Gasteiger partial charge in [0.05, 0.1) is 0 Å². The van der Waals surface area contributed by atoms with E-state index in [0.717, 1.165) is 42.0 Å². The molecule has 2 aromatic carbocycles. The van der Waals surface area contributed by atoms with Gasteiger partial charge in [-0.1, -0.05) is 66.9 Å². The van der Waals surface area contributed by atoms with Crippen LogP contribution in [0.4, 0.5) is 4.39 Å². The number of hydrogen-bond donors (Lipinski definition) is 0. The average Bonchev–Trinajstić information content (AvgIpc) is 3.05. The molecule has 0 spiro atoms. The molecule has 0 aromatic heterocycles. The highest BCUT2D eigenvalue weighted by atomic mass is 35.5. The molecule has 2 aromatic rings. The number of benzene rings is 2. The van der Waals surface area contributed by atoms with Gasteiger partial charge in [-0.05, 0) is 54.3 Å². The van der Waals surface area contributed by atoms with E-state index in [4.69, 9.17) is 11.6 Å². The number of halogens is 2. The Labute approximate surface area is 179 Å². The summed E-state index contributed by atoms with van der Waals surface area (Å²) in [5.41, 5.74) is 2.36. The summed E-state index contributed by atoms with van der Waals surface area (Å²) < 4.78 is 13.2. The molecule has 0 saturated heterocycles. The minimum absolute atomic E-state index is 0.0338. The highest BCUT2D eigenvalue weighted by molar-refractivity contribution is 8.13. The maximum absolute atomic E-state index is 13.2. The van der Waals surface area contributed by atoms with Crippen LogP contribution in [-0.4, -0.2) is 22.0 Å². The molecule has 4 rings (SSSR count). The van der Waals surface area contributed by atoms with E-state index in [-0.39, 0.29) is 17.8 Å². The van der Waals surface area contributed by atoms with Crippen LogP contribution in [0.2, 0.25) is 5.02 Å². The Morgan fingerprint density at radius 3 is 2.45 bits per heavy atom. The lowest BCUT2D eigenvalue weighted by molar-refractivity contribution is -0.124. The van der Waals surface area contributed by atoms with E-state index in [1.807, 2.05) is 23.1 Å². The van der Waals surface area contributed by atoms with Crippen LogP contribution in [0.3, 0.4) is 0 Å². The summed E-state index contributed by atoms with van der Waals surface area (Å²) in [6.07, 6.45) is 7.34. The highest BCUT2D eigenvalue weighted by Crippen LogP contribution is 2.33. The second-order valence-corrected chi connectivity index (χ2v) is 8.74. The van der Waals surface area contributed by atoms with Crippen LogP contribution in [0, 0.1) is 5.82 Å². The molecule has 0 unspecified atom stereocenters. The number of nitrogens with zero attached hydrogens (tertiary/aromatic N) is 2. The van der Waals surface area contributed by atoms with Crippen LogP contribution in [0.15, 0.2) is 59.2 Å². The summed E-state index contributed by atoms with van der Waals surface area (Å²) >= 11 is 7.50.